The van der Waals surface area contributed by atoms with Crippen LogP contribution in [0.3, 0.4) is 0 Å². The summed E-state index contributed by atoms with van der Waals surface area (Å²) in [5.74, 6) is 0. The maximum absolute atomic E-state index is 4.74. The summed E-state index contributed by atoms with van der Waals surface area (Å²) < 4.78 is 0. The molecule has 0 aliphatic heterocycles. The third-order valence-electron chi connectivity index (χ3n) is 4.53. The molecule has 0 unspecified atom stereocenters. The summed E-state index contributed by atoms with van der Waals surface area (Å²) >= 11 is 1.71. The smallest absolute Gasteiger partial charge is 0.107 e. The first-order valence-corrected chi connectivity index (χ1v) is 9.98. The van der Waals surface area contributed by atoms with Crippen molar-refractivity contribution in [3.05, 3.63) is 76.1 Å². The molecule has 3 nitrogen and oxygen atoms in total. The Balaban J connectivity index is 1.53. The Labute approximate surface area is 160 Å². The summed E-state index contributed by atoms with van der Waals surface area (Å²) in [7, 11) is 2.17. The van der Waals surface area contributed by atoms with E-state index in [1.807, 2.05) is 6.07 Å². The second-order valence-corrected chi connectivity index (χ2v) is 7.87. The first-order chi connectivity index (χ1) is 12.6. The van der Waals surface area contributed by atoms with Crippen molar-refractivity contribution in [2.45, 2.75) is 39.5 Å². The molecule has 0 saturated carbocycles. The summed E-state index contributed by atoms with van der Waals surface area (Å²) in [4.78, 5) is 7.09. The average molecular weight is 366 g/mol. The van der Waals surface area contributed by atoms with Crippen LogP contribution in [0, 0.1) is 0 Å². The fraction of sp³-hybridized carbons (Fsp3) is 0.318. The number of thiazole rings is 1. The van der Waals surface area contributed by atoms with Gasteiger partial charge in [-0.1, -0.05) is 54.6 Å². The van der Waals surface area contributed by atoms with E-state index in [0.717, 1.165) is 30.3 Å². The van der Waals surface area contributed by atoms with Gasteiger partial charge in [0.2, 0.25) is 0 Å². The highest BCUT2D eigenvalue weighted by Gasteiger charge is 2.06. The lowest BCUT2D eigenvalue weighted by Gasteiger charge is -2.21. The lowest BCUT2D eigenvalue weighted by atomic mass is 10.1. The van der Waals surface area contributed by atoms with Gasteiger partial charge in [0.05, 0.1) is 5.69 Å². The van der Waals surface area contributed by atoms with E-state index in [0.29, 0.717) is 6.04 Å². The predicted octanol–water partition coefficient (Wildman–Crippen LogP) is 4.94. The summed E-state index contributed by atoms with van der Waals surface area (Å²) in [6.07, 6.45) is 0. The first kappa shape index (κ1) is 18.8. The third-order valence-corrected chi connectivity index (χ3v) is 5.38. The van der Waals surface area contributed by atoms with E-state index < -0.39 is 0 Å². The minimum atomic E-state index is 0.556. The molecule has 0 spiro atoms. The van der Waals surface area contributed by atoms with Gasteiger partial charge in [-0.15, -0.1) is 11.3 Å². The van der Waals surface area contributed by atoms with E-state index in [1.165, 1.54) is 16.7 Å². The number of rotatable bonds is 8. The minimum absolute atomic E-state index is 0.556. The number of aromatic nitrogens is 1. The van der Waals surface area contributed by atoms with E-state index in [-0.39, 0.29) is 0 Å². The standard InChI is InChI=1S/C22H27N3S/c1-17(2)25(3)15-19-9-7-8-18(12-19)13-23-14-22-24-21(16-26-22)20-10-5-4-6-11-20/h4-12,16-17,23H,13-15H2,1-3H3. The van der Waals surface area contributed by atoms with Crippen LogP contribution in [0.25, 0.3) is 11.3 Å². The highest BCUT2D eigenvalue weighted by Crippen LogP contribution is 2.21. The highest BCUT2D eigenvalue weighted by atomic mass is 32.1. The molecule has 2 aromatic carbocycles. The molecule has 136 valence electrons. The van der Waals surface area contributed by atoms with Gasteiger partial charge in [0.1, 0.15) is 5.01 Å². The summed E-state index contributed by atoms with van der Waals surface area (Å²) in [6, 6.07) is 19.7. The molecule has 1 heterocycles. The Hall–Kier alpha value is -2.01. The highest BCUT2D eigenvalue weighted by molar-refractivity contribution is 7.09. The second kappa shape index (κ2) is 9.08. The zero-order chi connectivity index (χ0) is 18.4. The molecular formula is C22H27N3S. The van der Waals surface area contributed by atoms with Gasteiger partial charge in [-0.05, 0) is 32.0 Å². The number of hydrogen-bond acceptors (Lipinski definition) is 4. The maximum Gasteiger partial charge on any atom is 0.107 e. The van der Waals surface area contributed by atoms with E-state index in [4.69, 9.17) is 4.98 Å². The van der Waals surface area contributed by atoms with E-state index in [1.54, 1.807) is 11.3 Å². The Kier molecular flexibility index (Phi) is 6.56. The van der Waals surface area contributed by atoms with Crippen molar-refractivity contribution >= 4 is 11.3 Å². The van der Waals surface area contributed by atoms with Crippen LogP contribution in [0.1, 0.15) is 30.0 Å². The maximum atomic E-state index is 4.74. The van der Waals surface area contributed by atoms with Crippen molar-refractivity contribution in [1.82, 2.24) is 15.2 Å². The van der Waals surface area contributed by atoms with Crippen molar-refractivity contribution < 1.29 is 0 Å². The molecule has 0 fully saturated rings. The molecule has 0 aliphatic rings. The van der Waals surface area contributed by atoms with Crippen molar-refractivity contribution in [3.63, 3.8) is 0 Å². The van der Waals surface area contributed by atoms with Crippen molar-refractivity contribution in [2.75, 3.05) is 7.05 Å². The van der Waals surface area contributed by atoms with Crippen LogP contribution in [-0.2, 0) is 19.6 Å². The average Bonchev–Trinajstić information content (AvgIpc) is 3.12. The number of hydrogen-bond donors (Lipinski definition) is 1. The molecule has 3 rings (SSSR count). The Morgan fingerprint density at radius 2 is 1.77 bits per heavy atom. The second-order valence-electron chi connectivity index (χ2n) is 6.92. The third kappa shape index (κ3) is 5.24. The molecular weight excluding hydrogens is 338 g/mol. The number of benzene rings is 2. The predicted molar refractivity (Wildman–Crippen MR) is 111 cm³/mol. The van der Waals surface area contributed by atoms with Crippen LogP contribution in [0.2, 0.25) is 0 Å². The van der Waals surface area contributed by atoms with Gasteiger partial charge in [0.25, 0.3) is 0 Å². The summed E-state index contributed by atoms with van der Waals surface area (Å²) in [5.41, 5.74) is 4.92. The molecule has 1 N–H and O–H groups in total. The van der Waals surface area contributed by atoms with Crippen LogP contribution in [0.5, 0.6) is 0 Å². The first-order valence-electron chi connectivity index (χ1n) is 9.10. The lowest BCUT2D eigenvalue weighted by molar-refractivity contribution is 0.266. The Bertz CT molecular complexity index is 811. The van der Waals surface area contributed by atoms with Crippen LogP contribution >= 0.6 is 11.3 Å². The quantitative estimate of drug-likeness (QED) is 0.613. The van der Waals surface area contributed by atoms with Gasteiger partial charge in [-0.25, -0.2) is 4.98 Å². The van der Waals surface area contributed by atoms with Gasteiger partial charge < -0.3 is 5.32 Å². The fourth-order valence-corrected chi connectivity index (χ4v) is 3.53. The van der Waals surface area contributed by atoms with Gasteiger partial charge in [0, 0.05) is 36.6 Å². The summed E-state index contributed by atoms with van der Waals surface area (Å²) in [5, 5.41) is 6.78. The molecule has 0 radical (unpaired) electrons. The molecule has 0 atom stereocenters. The molecule has 0 aliphatic carbocycles. The van der Waals surface area contributed by atoms with E-state index in [9.17, 15) is 0 Å². The van der Waals surface area contributed by atoms with Crippen molar-refractivity contribution in [3.8, 4) is 11.3 Å². The van der Waals surface area contributed by atoms with Gasteiger partial charge in [0.15, 0.2) is 0 Å². The van der Waals surface area contributed by atoms with Crippen LogP contribution in [0.4, 0.5) is 0 Å². The van der Waals surface area contributed by atoms with Gasteiger partial charge >= 0.3 is 0 Å². The SMILES string of the molecule is CC(C)N(C)Cc1cccc(CNCc2nc(-c3ccccc3)cs2)c1. The van der Waals surface area contributed by atoms with Crippen LogP contribution < -0.4 is 5.32 Å². The normalized spacial score (nSPS) is 11.4. The Morgan fingerprint density at radius 1 is 1.00 bits per heavy atom. The summed E-state index contributed by atoms with van der Waals surface area (Å²) in [6.45, 7) is 7.10. The largest absolute Gasteiger partial charge is 0.306 e. The molecule has 0 bridgehead atoms. The van der Waals surface area contributed by atoms with Crippen LogP contribution in [-0.4, -0.2) is 23.0 Å². The minimum Gasteiger partial charge on any atom is -0.306 e. The fourth-order valence-electron chi connectivity index (χ4n) is 2.76. The van der Waals surface area contributed by atoms with Gasteiger partial charge in [-0.3, -0.25) is 4.90 Å². The molecule has 0 saturated heterocycles. The zero-order valence-corrected chi connectivity index (χ0v) is 16.6. The molecule has 3 aromatic rings. The molecule has 0 amide bonds. The monoisotopic (exact) mass is 365 g/mol. The number of nitrogens with zero attached hydrogens (tertiary/aromatic N) is 2. The molecule has 4 heteroatoms. The lowest BCUT2D eigenvalue weighted by Crippen LogP contribution is -2.25. The van der Waals surface area contributed by atoms with E-state index in [2.05, 4.69) is 85.0 Å². The zero-order valence-electron chi connectivity index (χ0n) is 15.8. The number of nitrogens with one attached hydrogen (secondary N) is 1. The van der Waals surface area contributed by atoms with Gasteiger partial charge in [-0.2, -0.15) is 0 Å². The van der Waals surface area contributed by atoms with Crippen molar-refractivity contribution in [2.24, 2.45) is 0 Å². The Morgan fingerprint density at radius 3 is 2.54 bits per heavy atom. The topological polar surface area (TPSA) is 28.2 Å². The van der Waals surface area contributed by atoms with Crippen molar-refractivity contribution in [1.29, 1.82) is 0 Å². The van der Waals surface area contributed by atoms with Crippen LogP contribution in [0.15, 0.2) is 60.0 Å². The molecule has 26 heavy (non-hydrogen) atoms. The van der Waals surface area contributed by atoms with E-state index >= 15 is 0 Å². The molecule has 1 aromatic heterocycles.